The highest BCUT2D eigenvalue weighted by atomic mass is 127. The Kier molecular flexibility index (Phi) is 13.1. The molecule has 2 atom stereocenters. The van der Waals surface area contributed by atoms with Gasteiger partial charge in [-0.25, -0.2) is 9.78 Å². The van der Waals surface area contributed by atoms with Crippen LogP contribution in [0.5, 0.6) is 0 Å². The second-order valence-electron chi connectivity index (χ2n) is 18.4. The summed E-state index contributed by atoms with van der Waals surface area (Å²) in [6.07, 6.45) is 4.96. The Morgan fingerprint density at radius 3 is 2.05 bits per heavy atom. The van der Waals surface area contributed by atoms with Crippen LogP contribution in [0.2, 0.25) is 51.4 Å². The molecule has 5 heterocycles. The van der Waals surface area contributed by atoms with E-state index >= 15 is 0 Å². The van der Waals surface area contributed by atoms with E-state index in [1.807, 2.05) is 60.8 Å². The van der Waals surface area contributed by atoms with Gasteiger partial charge >= 0.3 is 6.09 Å². The zero-order valence-corrected chi connectivity index (χ0v) is 38.3. The fraction of sp³-hybridized carbons (Fsp3) is 0.561. The lowest BCUT2D eigenvalue weighted by atomic mass is 9.83. The average Bonchev–Trinajstić information content (AvgIpc) is 3.52. The molecule has 11 nitrogen and oxygen atoms in total. The molecule has 1 amide bonds. The third-order valence-electron chi connectivity index (χ3n) is 10.0. The molecule has 1 aromatic carbocycles. The first-order chi connectivity index (χ1) is 26.0. The number of morpholine rings is 1. The minimum Gasteiger partial charge on any atom is -0.444 e. The Hall–Kier alpha value is -2.90. The molecule has 2 saturated heterocycles. The summed E-state index contributed by atoms with van der Waals surface area (Å²) in [6, 6.07) is 16.3. The maximum Gasteiger partial charge on any atom is 0.410 e. The number of hydrogen-bond acceptors (Lipinski definition) is 9. The first-order valence-electron chi connectivity index (χ1n) is 19.6. The summed E-state index contributed by atoms with van der Waals surface area (Å²) in [7, 11) is -2.60. The van der Waals surface area contributed by atoms with Crippen molar-refractivity contribution < 1.29 is 23.7 Å². The zero-order chi connectivity index (χ0) is 39.5. The molecule has 0 radical (unpaired) electrons. The number of carbonyl (C=O) groups excluding carboxylic acids is 1. The van der Waals surface area contributed by atoms with E-state index in [1.54, 1.807) is 0 Å². The van der Waals surface area contributed by atoms with Crippen LogP contribution in [0.1, 0.15) is 45.2 Å². The second-order valence-corrected chi connectivity index (χ2v) is 30.7. The van der Waals surface area contributed by atoms with Crippen molar-refractivity contribution in [3.05, 3.63) is 64.1 Å². The zero-order valence-electron chi connectivity index (χ0n) is 34.1. The smallest absolute Gasteiger partial charge is 0.410 e. The minimum atomic E-state index is -1.30. The maximum absolute atomic E-state index is 13.5. The molecular weight excluding hydrogens is 840 g/mol. The van der Waals surface area contributed by atoms with Gasteiger partial charge in [0.2, 0.25) is 0 Å². The summed E-state index contributed by atoms with van der Waals surface area (Å²) in [4.78, 5) is 27.9. The molecule has 2 fully saturated rings. The van der Waals surface area contributed by atoms with E-state index in [-0.39, 0.29) is 24.1 Å². The van der Waals surface area contributed by atoms with Crippen molar-refractivity contribution in [1.82, 2.24) is 24.5 Å². The normalized spacial score (nSPS) is 19.2. The number of anilines is 1. The fourth-order valence-corrected chi connectivity index (χ4v) is 9.72. The highest BCUT2D eigenvalue weighted by Crippen LogP contribution is 2.42. The Morgan fingerprint density at radius 1 is 0.891 bits per heavy atom. The Balaban J connectivity index is 1.41. The number of piperidine rings is 1. The standard InChI is InChI=1S/C41H59IN6O5Si2/c1-41(2,3)53-40(49)47-32-21-31(22-33(47)26-52-25-32)37-36(42)39(46(27-50-17-19-54(4,5)6)28-51-18-20-55(7,8)9)48-38(45-37)34(24-44-48)30-15-16-35(43-23-30)29-13-11-10-12-14-29/h10-16,23-24,31-33H,17-22,25-28H2,1-9H3. The highest BCUT2D eigenvalue weighted by molar-refractivity contribution is 14.1. The quantitative estimate of drug-likeness (QED) is 0.0530. The van der Waals surface area contributed by atoms with Crippen molar-refractivity contribution in [2.75, 3.05) is 44.8 Å². The fourth-order valence-electron chi connectivity index (χ4n) is 7.07. The van der Waals surface area contributed by atoms with Crippen molar-refractivity contribution in [3.63, 3.8) is 0 Å². The van der Waals surface area contributed by atoms with Gasteiger partial charge in [-0.2, -0.15) is 9.61 Å². The van der Waals surface area contributed by atoms with Gasteiger partial charge in [0.15, 0.2) is 11.5 Å². The lowest BCUT2D eigenvalue weighted by molar-refractivity contribution is -0.0828. The number of amides is 1. The van der Waals surface area contributed by atoms with Crippen LogP contribution in [0.3, 0.4) is 0 Å². The highest BCUT2D eigenvalue weighted by Gasteiger charge is 2.45. The van der Waals surface area contributed by atoms with E-state index in [0.29, 0.717) is 52.7 Å². The van der Waals surface area contributed by atoms with Crippen molar-refractivity contribution in [1.29, 1.82) is 0 Å². The Labute approximate surface area is 342 Å². The van der Waals surface area contributed by atoms with Crippen molar-refractivity contribution in [2.45, 2.75) is 109 Å². The molecule has 14 heteroatoms. The van der Waals surface area contributed by atoms with Crippen LogP contribution in [0.15, 0.2) is 54.9 Å². The molecule has 55 heavy (non-hydrogen) atoms. The van der Waals surface area contributed by atoms with Crippen LogP contribution in [-0.2, 0) is 18.9 Å². The van der Waals surface area contributed by atoms with E-state index in [1.165, 1.54) is 0 Å². The summed E-state index contributed by atoms with van der Waals surface area (Å²) >= 11 is 2.46. The molecule has 2 bridgehead atoms. The van der Waals surface area contributed by atoms with Gasteiger partial charge in [0.1, 0.15) is 19.1 Å². The summed E-state index contributed by atoms with van der Waals surface area (Å²) in [6.45, 7) is 23.0. The summed E-state index contributed by atoms with van der Waals surface area (Å²) in [5, 5.41) is 5.00. The van der Waals surface area contributed by atoms with Crippen LogP contribution in [0, 0.1) is 3.57 Å². The first-order valence-corrected chi connectivity index (χ1v) is 28.1. The molecule has 4 aromatic rings. The number of halogens is 1. The van der Waals surface area contributed by atoms with Gasteiger partial charge in [0, 0.05) is 58.2 Å². The number of pyridine rings is 1. The number of ether oxygens (including phenoxy) is 4. The van der Waals surface area contributed by atoms with Crippen LogP contribution >= 0.6 is 22.6 Å². The molecule has 2 aliphatic heterocycles. The molecule has 298 valence electrons. The van der Waals surface area contributed by atoms with E-state index in [2.05, 4.69) is 91.0 Å². The predicted molar refractivity (Wildman–Crippen MR) is 233 cm³/mol. The number of nitrogens with zero attached hydrogens (tertiary/aromatic N) is 6. The van der Waals surface area contributed by atoms with E-state index in [0.717, 1.165) is 55.2 Å². The van der Waals surface area contributed by atoms with Gasteiger partial charge in [0.05, 0.1) is 46.5 Å². The van der Waals surface area contributed by atoms with Gasteiger partial charge in [0.25, 0.3) is 0 Å². The number of fused-ring (bicyclic) bond motifs is 3. The van der Waals surface area contributed by atoms with Crippen molar-refractivity contribution in [3.8, 4) is 22.4 Å². The maximum atomic E-state index is 13.5. The number of carbonyl (C=O) groups is 1. The number of hydrogen-bond donors (Lipinski definition) is 0. The SMILES string of the molecule is CC(C)(C)OC(=O)N1C2COCC1CC(c1nc3c(-c4ccc(-c5ccccc5)nc4)cnn3c(N(COCC[Si](C)(C)C)COCC[Si](C)(C)C)c1I)C2. The Morgan fingerprint density at radius 2 is 1.51 bits per heavy atom. The molecular formula is C41H59IN6O5Si2. The number of rotatable bonds is 14. The van der Waals surface area contributed by atoms with Crippen LogP contribution in [0.25, 0.3) is 28.0 Å². The first kappa shape index (κ1) is 41.7. The summed E-state index contributed by atoms with van der Waals surface area (Å²) < 4.78 is 27.8. The van der Waals surface area contributed by atoms with Gasteiger partial charge in [-0.05, 0) is 74.4 Å². The predicted octanol–water partition coefficient (Wildman–Crippen LogP) is 9.38. The molecule has 0 saturated carbocycles. The molecule has 0 N–H and O–H groups in total. The third kappa shape index (κ3) is 10.7. The minimum absolute atomic E-state index is 0.0806. The average molecular weight is 899 g/mol. The van der Waals surface area contributed by atoms with E-state index < -0.39 is 21.7 Å². The second kappa shape index (κ2) is 17.3. The monoisotopic (exact) mass is 898 g/mol. The molecule has 6 rings (SSSR count). The molecule has 0 spiro atoms. The Bertz CT molecular complexity index is 1870. The van der Waals surface area contributed by atoms with Crippen LogP contribution < -0.4 is 4.90 Å². The van der Waals surface area contributed by atoms with Crippen LogP contribution in [0.4, 0.5) is 10.6 Å². The topological polar surface area (TPSA) is 104 Å². The van der Waals surface area contributed by atoms with Gasteiger partial charge in [-0.15, -0.1) is 0 Å². The molecule has 3 aromatic heterocycles. The lowest BCUT2D eigenvalue weighted by Gasteiger charge is -2.48. The summed E-state index contributed by atoms with van der Waals surface area (Å²) in [5.74, 6) is 0.981. The number of aromatic nitrogens is 4. The third-order valence-corrected chi connectivity index (χ3v) is 14.5. The number of benzene rings is 1. The van der Waals surface area contributed by atoms with Gasteiger partial charge < -0.3 is 23.8 Å². The van der Waals surface area contributed by atoms with Gasteiger partial charge in [-0.3, -0.25) is 9.88 Å². The molecule has 2 aliphatic rings. The molecule has 0 aliphatic carbocycles. The van der Waals surface area contributed by atoms with Crippen LogP contribution in [-0.4, -0.2) is 104 Å². The van der Waals surface area contributed by atoms with E-state index in [4.69, 9.17) is 34.0 Å². The lowest BCUT2D eigenvalue weighted by Crippen LogP contribution is -2.59. The van der Waals surface area contributed by atoms with Crippen molar-refractivity contribution in [2.24, 2.45) is 0 Å². The largest absolute Gasteiger partial charge is 0.444 e. The van der Waals surface area contributed by atoms with Crippen molar-refractivity contribution >= 4 is 56.3 Å². The van der Waals surface area contributed by atoms with E-state index in [9.17, 15) is 4.79 Å². The summed E-state index contributed by atoms with van der Waals surface area (Å²) in [5.41, 5.74) is 4.99. The molecule has 2 unspecified atom stereocenters. The van der Waals surface area contributed by atoms with Gasteiger partial charge in [-0.1, -0.05) is 75.7 Å².